The van der Waals surface area contributed by atoms with Gasteiger partial charge in [-0.1, -0.05) is 53.2 Å². The van der Waals surface area contributed by atoms with Gasteiger partial charge in [-0.05, 0) is 32.0 Å². The number of thioether (sulfide) groups is 1. The Hall–Kier alpha value is -2.60. The van der Waals surface area contributed by atoms with Crippen molar-refractivity contribution in [3.05, 3.63) is 59.7 Å². The molecule has 2 aromatic carbocycles. The summed E-state index contributed by atoms with van der Waals surface area (Å²) in [6.45, 7) is 4.09. The molecule has 6 heteroatoms. The lowest BCUT2D eigenvalue weighted by Gasteiger charge is -2.11. The van der Waals surface area contributed by atoms with E-state index < -0.39 is 0 Å². The van der Waals surface area contributed by atoms with Crippen LogP contribution in [0, 0.1) is 13.8 Å². The second-order valence-corrected chi connectivity index (χ2v) is 6.65. The smallest absolute Gasteiger partial charge is 0.316 e. The highest BCUT2D eigenvalue weighted by molar-refractivity contribution is 7.99. The van der Waals surface area contributed by atoms with E-state index in [2.05, 4.69) is 16.3 Å². The molecule has 0 radical (unpaired) electrons. The molecular weight excluding hydrogens is 334 g/mol. The lowest BCUT2D eigenvalue weighted by molar-refractivity contribution is -0.137. The van der Waals surface area contributed by atoms with Gasteiger partial charge in [-0.25, -0.2) is 0 Å². The summed E-state index contributed by atoms with van der Waals surface area (Å²) in [6.07, 6.45) is 0. The number of carbonyl (C=O) groups excluding carboxylic acids is 1. The van der Waals surface area contributed by atoms with Crippen LogP contribution < -0.4 is 0 Å². The predicted octanol–water partition coefficient (Wildman–Crippen LogP) is 3.82. The summed E-state index contributed by atoms with van der Waals surface area (Å²) in [5.74, 6) is 0.648. The first-order chi connectivity index (χ1) is 12.1. The monoisotopic (exact) mass is 353 g/mol. The molecule has 5 nitrogen and oxygen atoms in total. The van der Waals surface area contributed by atoms with Gasteiger partial charge in [-0.15, -0.1) is 10.2 Å². The topological polar surface area (TPSA) is 57.0 Å². The Morgan fingerprint density at radius 1 is 1.08 bits per heavy atom. The van der Waals surface area contributed by atoms with Gasteiger partial charge in [-0.3, -0.25) is 9.36 Å². The fraction of sp³-hybridized carbons (Fsp3) is 0.211. The summed E-state index contributed by atoms with van der Waals surface area (Å²) >= 11 is 1.31. The largest absolute Gasteiger partial charge is 0.468 e. The maximum atomic E-state index is 11.5. The van der Waals surface area contributed by atoms with Crippen molar-refractivity contribution in [1.29, 1.82) is 0 Å². The van der Waals surface area contributed by atoms with Gasteiger partial charge in [0.05, 0.1) is 12.9 Å². The molecule has 3 rings (SSSR count). The molecule has 0 saturated heterocycles. The van der Waals surface area contributed by atoms with Crippen molar-refractivity contribution in [3.8, 4) is 17.1 Å². The summed E-state index contributed by atoms with van der Waals surface area (Å²) < 4.78 is 6.70. The molecular formula is C19H19N3O2S. The Morgan fingerprint density at radius 2 is 1.84 bits per heavy atom. The number of ether oxygens (including phenoxy) is 1. The van der Waals surface area contributed by atoms with E-state index in [1.54, 1.807) is 0 Å². The molecule has 0 aliphatic carbocycles. The Balaban J connectivity index is 2.07. The standard InChI is InChI=1S/C19H19N3O2S/c1-13-7-9-16(10-8-13)22-18(15-6-4-5-14(2)11-15)20-21-19(22)25-12-17(23)24-3/h4-11H,12H2,1-3H3. The zero-order chi connectivity index (χ0) is 17.8. The molecule has 0 spiro atoms. The Bertz CT molecular complexity index is 888. The summed E-state index contributed by atoms with van der Waals surface area (Å²) in [5, 5.41) is 9.32. The fourth-order valence-electron chi connectivity index (χ4n) is 2.44. The Labute approximate surface area is 151 Å². The number of aromatic nitrogens is 3. The maximum absolute atomic E-state index is 11.5. The van der Waals surface area contributed by atoms with Crippen LogP contribution in [0.2, 0.25) is 0 Å². The van der Waals surface area contributed by atoms with Gasteiger partial charge < -0.3 is 4.74 Å². The van der Waals surface area contributed by atoms with Gasteiger partial charge >= 0.3 is 5.97 Å². The minimum absolute atomic E-state index is 0.189. The van der Waals surface area contributed by atoms with Crippen LogP contribution in [0.5, 0.6) is 0 Å². The maximum Gasteiger partial charge on any atom is 0.316 e. The molecule has 1 aromatic heterocycles. The normalized spacial score (nSPS) is 10.7. The molecule has 0 fully saturated rings. The third-order valence-electron chi connectivity index (χ3n) is 3.75. The molecule has 3 aromatic rings. The second kappa shape index (κ2) is 7.53. The fourth-order valence-corrected chi connectivity index (χ4v) is 3.23. The predicted molar refractivity (Wildman–Crippen MR) is 99.0 cm³/mol. The SMILES string of the molecule is COC(=O)CSc1nnc(-c2cccc(C)c2)n1-c1ccc(C)cc1. The summed E-state index contributed by atoms with van der Waals surface area (Å²) in [6, 6.07) is 16.3. The van der Waals surface area contributed by atoms with E-state index in [9.17, 15) is 4.79 Å². The zero-order valence-corrected chi connectivity index (χ0v) is 15.2. The number of benzene rings is 2. The molecule has 0 bridgehead atoms. The highest BCUT2D eigenvalue weighted by Gasteiger charge is 2.17. The molecule has 0 N–H and O–H groups in total. The minimum Gasteiger partial charge on any atom is -0.468 e. The van der Waals surface area contributed by atoms with E-state index in [0.717, 1.165) is 22.6 Å². The number of nitrogens with zero attached hydrogens (tertiary/aromatic N) is 3. The first kappa shape index (κ1) is 17.2. The number of hydrogen-bond acceptors (Lipinski definition) is 5. The van der Waals surface area contributed by atoms with Crippen LogP contribution in [0.4, 0.5) is 0 Å². The number of hydrogen-bond donors (Lipinski definition) is 0. The highest BCUT2D eigenvalue weighted by atomic mass is 32.2. The Kier molecular flexibility index (Phi) is 5.19. The molecule has 128 valence electrons. The van der Waals surface area contributed by atoms with Gasteiger partial charge in [0.2, 0.25) is 0 Å². The Morgan fingerprint density at radius 3 is 2.52 bits per heavy atom. The number of carbonyl (C=O) groups is 1. The van der Waals surface area contributed by atoms with Crippen molar-refractivity contribution < 1.29 is 9.53 Å². The second-order valence-electron chi connectivity index (χ2n) is 5.71. The molecule has 0 aliphatic rings. The molecule has 1 heterocycles. The summed E-state index contributed by atoms with van der Waals surface area (Å²) in [7, 11) is 1.38. The minimum atomic E-state index is -0.291. The number of methoxy groups -OCH3 is 1. The van der Waals surface area contributed by atoms with Gasteiger partial charge in [-0.2, -0.15) is 0 Å². The van der Waals surface area contributed by atoms with E-state index in [1.807, 2.05) is 60.9 Å². The van der Waals surface area contributed by atoms with Crippen molar-refractivity contribution in [2.75, 3.05) is 12.9 Å². The first-order valence-corrected chi connectivity index (χ1v) is 8.86. The van der Waals surface area contributed by atoms with E-state index in [4.69, 9.17) is 4.74 Å². The summed E-state index contributed by atoms with van der Waals surface area (Å²) in [4.78, 5) is 11.5. The van der Waals surface area contributed by atoms with Gasteiger partial charge in [0.15, 0.2) is 11.0 Å². The molecule has 25 heavy (non-hydrogen) atoms. The number of aryl methyl sites for hydroxylation is 2. The van der Waals surface area contributed by atoms with Crippen LogP contribution in [-0.4, -0.2) is 33.6 Å². The summed E-state index contributed by atoms with van der Waals surface area (Å²) in [5.41, 5.74) is 4.27. The third kappa shape index (κ3) is 3.91. The van der Waals surface area contributed by atoms with Crippen molar-refractivity contribution in [2.24, 2.45) is 0 Å². The van der Waals surface area contributed by atoms with Crippen LogP contribution in [0.25, 0.3) is 17.1 Å². The third-order valence-corrected chi connectivity index (χ3v) is 4.65. The van der Waals surface area contributed by atoms with Gasteiger partial charge in [0.25, 0.3) is 0 Å². The van der Waals surface area contributed by atoms with E-state index in [-0.39, 0.29) is 11.7 Å². The molecule has 0 unspecified atom stereocenters. The molecule has 0 saturated carbocycles. The van der Waals surface area contributed by atoms with E-state index in [1.165, 1.54) is 24.4 Å². The van der Waals surface area contributed by atoms with Crippen molar-refractivity contribution in [1.82, 2.24) is 14.8 Å². The van der Waals surface area contributed by atoms with E-state index >= 15 is 0 Å². The first-order valence-electron chi connectivity index (χ1n) is 7.87. The number of esters is 1. The van der Waals surface area contributed by atoms with Crippen LogP contribution >= 0.6 is 11.8 Å². The van der Waals surface area contributed by atoms with Crippen LogP contribution in [-0.2, 0) is 9.53 Å². The van der Waals surface area contributed by atoms with Gasteiger partial charge in [0, 0.05) is 11.3 Å². The molecule has 0 amide bonds. The average Bonchev–Trinajstić information content (AvgIpc) is 3.04. The van der Waals surface area contributed by atoms with Crippen molar-refractivity contribution in [3.63, 3.8) is 0 Å². The van der Waals surface area contributed by atoms with Gasteiger partial charge in [0.1, 0.15) is 0 Å². The quantitative estimate of drug-likeness (QED) is 0.516. The molecule has 0 atom stereocenters. The van der Waals surface area contributed by atoms with E-state index in [0.29, 0.717) is 5.16 Å². The van der Waals surface area contributed by atoms with Crippen molar-refractivity contribution in [2.45, 2.75) is 19.0 Å². The van der Waals surface area contributed by atoms with Crippen molar-refractivity contribution >= 4 is 17.7 Å². The lowest BCUT2D eigenvalue weighted by atomic mass is 10.1. The van der Waals surface area contributed by atoms with Crippen LogP contribution in [0.3, 0.4) is 0 Å². The highest BCUT2D eigenvalue weighted by Crippen LogP contribution is 2.28. The number of rotatable bonds is 5. The lowest BCUT2D eigenvalue weighted by Crippen LogP contribution is -2.05. The molecule has 0 aliphatic heterocycles. The van der Waals surface area contributed by atoms with Crippen LogP contribution in [0.15, 0.2) is 53.7 Å². The average molecular weight is 353 g/mol. The van der Waals surface area contributed by atoms with Crippen LogP contribution in [0.1, 0.15) is 11.1 Å². The zero-order valence-electron chi connectivity index (χ0n) is 14.4.